The highest BCUT2D eigenvalue weighted by Gasteiger charge is 2.23. The van der Waals surface area contributed by atoms with E-state index in [1.807, 2.05) is 17.0 Å². The quantitative estimate of drug-likeness (QED) is 0.897. The summed E-state index contributed by atoms with van der Waals surface area (Å²) in [5.74, 6) is 1.21. The number of nitrogens with one attached hydrogen (secondary N) is 1. The normalized spacial score (nSPS) is 20.9. The minimum Gasteiger partial charge on any atom is -0.493 e. The molecule has 0 radical (unpaired) electrons. The van der Waals surface area contributed by atoms with Crippen LogP contribution in [-0.4, -0.2) is 43.1 Å². The van der Waals surface area contributed by atoms with Gasteiger partial charge >= 0.3 is 0 Å². The molecule has 1 fully saturated rings. The predicted octanol–water partition coefficient (Wildman–Crippen LogP) is 1.41. The fraction of sp³-hybridized carbons (Fsp3) is 0.533. The van der Waals surface area contributed by atoms with Gasteiger partial charge in [-0.05, 0) is 24.1 Å². The SMILES string of the molecule is C[C@H]1CNCCN1C(=O)Cc1ccc2c(c1)CCO2.Cl. The van der Waals surface area contributed by atoms with Crippen LogP contribution < -0.4 is 10.1 Å². The molecule has 1 amide bonds. The van der Waals surface area contributed by atoms with E-state index in [4.69, 9.17) is 4.74 Å². The lowest BCUT2D eigenvalue weighted by Crippen LogP contribution is -2.52. The van der Waals surface area contributed by atoms with Gasteiger partial charge in [-0.3, -0.25) is 4.79 Å². The highest BCUT2D eigenvalue weighted by molar-refractivity contribution is 5.85. The van der Waals surface area contributed by atoms with E-state index in [2.05, 4.69) is 18.3 Å². The molecule has 0 aromatic heterocycles. The van der Waals surface area contributed by atoms with E-state index >= 15 is 0 Å². The Morgan fingerprint density at radius 2 is 2.35 bits per heavy atom. The van der Waals surface area contributed by atoms with Crippen molar-refractivity contribution >= 4 is 18.3 Å². The molecule has 0 unspecified atom stereocenters. The lowest BCUT2D eigenvalue weighted by atomic mass is 10.0. The van der Waals surface area contributed by atoms with Gasteiger partial charge in [0.05, 0.1) is 13.0 Å². The Kier molecular flexibility index (Phi) is 4.89. The summed E-state index contributed by atoms with van der Waals surface area (Å²) < 4.78 is 5.49. The molecule has 110 valence electrons. The zero-order chi connectivity index (χ0) is 13.2. The first-order valence-corrected chi connectivity index (χ1v) is 6.99. The number of hydrogen-bond donors (Lipinski definition) is 1. The number of halogens is 1. The third-order valence-electron chi connectivity index (χ3n) is 3.93. The lowest BCUT2D eigenvalue weighted by Gasteiger charge is -2.34. The summed E-state index contributed by atoms with van der Waals surface area (Å²) in [6.07, 6.45) is 1.46. The van der Waals surface area contributed by atoms with Crippen molar-refractivity contribution in [3.05, 3.63) is 29.3 Å². The van der Waals surface area contributed by atoms with Crippen LogP contribution in [0.15, 0.2) is 18.2 Å². The minimum absolute atomic E-state index is 0. The fourth-order valence-electron chi connectivity index (χ4n) is 2.84. The second kappa shape index (κ2) is 6.46. The average molecular weight is 297 g/mol. The molecular weight excluding hydrogens is 276 g/mol. The van der Waals surface area contributed by atoms with Crippen molar-refractivity contribution in [2.45, 2.75) is 25.8 Å². The third kappa shape index (κ3) is 3.07. The van der Waals surface area contributed by atoms with Gasteiger partial charge in [-0.1, -0.05) is 12.1 Å². The van der Waals surface area contributed by atoms with E-state index < -0.39 is 0 Å². The lowest BCUT2D eigenvalue weighted by molar-refractivity contribution is -0.133. The molecule has 3 rings (SSSR count). The van der Waals surface area contributed by atoms with E-state index in [0.717, 1.165) is 44.0 Å². The molecule has 1 saturated heterocycles. The van der Waals surface area contributed by atoms with Gasteiger partial charge in [0.1, 0.15) is 5.75 Å². The van der Waals surface area contributed by atoms with Gasteiger partial charge < -0.3 is 15.0 Å². The number of amides is 1. The number of benzene rings is 1. The molecule has 1 N–H and O–H groups in total. The van der Waals surface area contributed by atoms with Crippen LogP contribution in [0.25, 0.3) is 0 Å². The molecule has 1 atom stereocenters. The molecule has 4 nitrogen and oxygen atoms in total. The van der Waals surface area contributed by atoms with Gasteiger partial charge in [-0.25, -0.2) is 0 Å². The van der Waals surface area contributed by atoms with Crippen LogP contribution in [0.2, 0.25) is 0 Å². The maximum Gasteiger partial charge on any atom is 0.227 e. The summed E-state index contributed by atoms with van der Waals surface area (Å²) >= 11 is 0. The molecule has 2 aliphatic heterocycles. The monoisotopic (exact) mass is 296 g/mol. The summed E-state index contributed by atoms with van der Waals surface area (Å²) in [5, 5.41) is 3.31. The van der Waals surface area contributed by atoms with Crippen molar-refractivity contribution in [1.29, 1.82) is 0 Å². The third-order valence-corrected chi connectivity index (χ3v) is 3.93. The molecule has 0 aliphatic carbocycles. The number of carbonyl (C=O) groups is 1. The van der Waals surface area contributed by atoms with Crippen LogP contribution in [0.1, 0.15) is 18.1 Å². The Morgan fingerprint density at radius 3 is 3.15 bits per heavy atom. The van der Waals surface area contributed by atoms with Gasteiger partial charge in [0.25, 0.3) is 0 Å². The second-order valence-electron chi connectivity index (χ2n) is 5.36. The largest absolute Gasteiger partial charge is 0.493 e. The van der Waals surface area contributed by atoms with Crippen LogP contribution in [0.5, 0.6) is 5.75 Å². The fourth-order valence-corrected chi connectivity index (χ4v) is 2.84. The van der Waals surface area contributed by atoms with Crippen molar-refractivity contribution in [2.24, 2.45) is 0 Å². The molecular formula is C15H21ClN2O2. The van der Waals surface area contributed by atoms with E-state index in [1.165, 1.54) is 5.56 Å². The highest BCUT2D eigenvalue weighted by atomic mass is 35.5. The zero-order valence-electron chi connectivity index (χ0n) is 11.7. The maximum absolute atomic E-state index is 12.3. The number of fused-ring (bicyclic) bond motifs is 1. The first-order chi connectivity index (χ1) is 9.24. The smallest absolute Gasteiger partial charge is 0.227 e. The summed E-state index contributed by atoms with van der Waals surface area (Å²) in [6, 6.07) is 6.41. The molecule has 2 heterocycles. The first-order valence-electron chi connectivity index (χ1n) is 6.99. The number of piperazine rings is 1. The predicted molar refractivity (Wildman–Crippen MR) is 80.6 cm³/mol. The van der Waals surface area contributed by atoms with Gasteiger partial charge in [0, 0.05) is 32.1 Å². The number of rotatable bonds is 2. The topological polar surface area (TPSA) is 41.6 Å². The summed E-state index contributed by atoms with van der Waals surface area (Å²) in [7, 11) is 0. The molecule has 0 spiro atoms. The summed E-state index contributed by atoms with van der Waals surface area (Å²) in [4.78, 5) is 14.3. The van der Waals surface area contributed by atoms with Crippen molar-refractivity contribution < 1.29 is 9.53 Å². The van der Waals surface area contributed by atoms with Crippen molar-refractivity contribution in [3.63, 3.8) is 0 Å². The van der Waals surface area contributed by atoms with Gasteiger partial charge in [-0.15, -0.1) is 12.4 Å². The highest BCUT2D eigenvalue weighted by Crippen LogP contribution is 2.26. The Labute approximate surface area is 125 Å². The number of hydrogen-bond acceptors (Lipinski definition) is 3. The molecule has 5 heteroatoms. The average Bonchev–Trinajstić information content (AvgIpc) is 2.86. The molecule has 1 aromatic rings. The van der Waals surface area contributed by atoms with Gasteiger partial charge in [-0.2, -0.15) is 0 Å². The van der Waals surface area contributed by atoms with E-state index in [0.29, 0.717) is 12.5 Å². The first kappa shape index (κ1) is 15.1. The number of nitrogens with zero attached hydrogens (tertiary/aromatic N) is 1. The van der Waals surface area contributed by atoms with E-state index in [-0.39, 0.29) is 18.3 Å². The standard InChI is InChI=1S/C15H20N2O2.ClH/c1-11-10-16-5-6-17(11)15(18)9-12-2-3-14-13(8-12)4-7-19-14;/h2-3,8,11,16H,4-7,9-10H2,1H3;1H/t11-;/m0./s1. The van der Waals surface area contributed by atoms with Gasteiger partial charge in [0.2, 0.25) is 5.91 Å². The Morgan fingerprint density at radius 1 is 1.50 bits per heavy atom. The van der Waals surface area contributed by atoms with Crippen LogP contribution in [-0.2, 0) is 17.6 Å². The van der Waals surface area contributed by atoms with Crippen LogP contribution in [0, 0.1) is 0 Å². The Hall–Kier alpha value is -1.26. The Balaban J connectivity index is 0.00000147. The van der Waals surface area contributed by atoms with Crippen molar-refractivity contribution in [3.8, 4) is 5.75 Å². The minimum atomic E-state index is 0. The maximum atomic E-state index is 12.3. The van der Waals surface area contributed by atoms with Crippen molar-refractivity contribution in [1.82, 2.24) is 10.2 Å². The van der Waals surface area contributed by atoms with Crippen molar-refractivity contribution in [2.75, 3.05) is 26.2 Å². The molecule has 0 bridgehead atoms. The summed E-state index contributed by atoms with van der Waals surface area (Å²) in [5.41, 5.74) is 2.33. The number of carbonyl (C=O) groups excluding carboxylic acids is 1. The summed E-state index contributed by atoms with van der Waals surface area (Å²) in [6.45, 7) is 5.47. The van der Waals surface area contributed by atoms with Crippen LogP contribution in [0.3, 0.4) is 0 Å². The van der Waals surface area contributed by atoms with E-state index in [9.17, 15) is 4.79 Å². The van der Waals surface area contributed by atoms with Gasteiger partial charge in [0.15, 0.2) is 0 Å². The second-order valence-corrected chi connectivity index (χ2v) is 5.36. The zero-order valence-corrected chi connectivity index (χ0v) is 12.5. The molecule has 1 aromatic carbocycles. The number of ether oxygens (including phenoxy) is 1. The molecule has 0 saturated carbocycles. The van der Waals surface area contributed by atoms with Crippen LogP contribution >= 0.6 is 12.4 Å². The van der Waals surface area contributed by atoms with Crippen LogP contribution in [0.4, 0.5) is 0 Å². The van der Waals surface area contributed by atoms with E-state index in [1.54, 1.807) is 0 Å². The molecule has 20 heavy (non-hydrogen) atoms. The molecule has 2 aliphatic rings. The Bertz CT molecular complexity index is 493.